The number of hydrogen-bond acceptors (Lipinski definition) is 2. The van der Waals surface area contributed by atoms with Crippen LogP contribution in [0.15, 0.2) is 42.5 Å². The normalized spacial score (nSPS) is 10.5. The molecule has 0 heterocycles. The summed E-state index contributed by atoms with van der Waals surface area (Å²) >= 11 is 0. The lowest BCUT2D eigenvalue weighted by Gasteiger charge is -2.25. The predicted molar refractivity (Wildman–Crippen MR) is 102 cm³/mol. The van der Waals surface area contributed by atoms with Crippen molar-refractivity contribution in [3.63, 3.8) is 0 Å². The van der Waals surface area contributed by atoms with E-state index in [1.54, 1.807) is 17.0 Å². The molecule has 0 aliphatic carbocycles. The quantitative estimate of drug-likeness (QED) is 0.825. The van der Waals surface area contributed by atoms with Crippen LogP contribution in [-0.2, 0) is 16.0 Å². The molecule has 0 atom stereocenters. The van der Waals surface area contributed by atoms with Gasteiger partial charge in [-0.2, -0.15) is 0 Å². The van der Waals surface area contributed by atoms with Crippen LogP contribution in [0.5, 0.6) is 0 Å². The number of hydrogen-bond donors (Lipinski definition) is 1. The predicted octanol–water partition coefficient (Wildman–Crippen LogP) is 3.54. The molecule has 138 valence electrons. The number of carbonyl (C=O) groups is 2. The van der Waals surface area contributed by atoms with Gasteiger partial charge in [-0.05, 0) is 49.1 Å². The maximum Gasteiger partial charge on any atom is 0.223 e. The Labute approximate surface area is 154 Å². The second-order valence-corrected chi connectivity index (χ2v) is 6.39. The first-order valence-electron chi connectivity index (χ1n) is 8.74. The molecule has 4 nitrogen and oxygen atoms in total. The molecule has 0 radical (unpaired) electrons. The number of amides is 2. The molecule has 5 heteroatoms. The van der Waals surface area contributed by atoms with Crippen LogP contribution in [0.2, 0.25) is 0 Å². The summed E-state index contributed by atoms with van der Waals surface area (Å²) in [5, 5.41) is 2.85. The van der Waals surface area contributed by atoms with Crippen molar-refractivity contribution in [2.24, 2.45) is 0 Å². The molecule has 2 aromatic carbocycles. The Balaban J connectivity index is 1.87. The van der Waals surface area contributed by atoms with Gasteiger partial charge in [0.05, 0.1) is 0 Å². The number of carbonyl (C=O) groups excluding carboxylic acids is 2. The third-order valence-electron chi connectivity index (χ3n) is 4.30. The van der Waals surface area contributed by atoms with Gasteiger partial charge in [0.1, 0.15) is 5.82 Å². The molecule has 0 fully saturated rings. The van der Waals surface area contributed by atoms with E-state index in [9.17, 15) is 14.0 Å². The van der Waals surface area contributed by atoms with E-state index in [0.717, 1.165) is 22.4 Å². The minimum Gasteiger partial charge on any atom is -0.356 e. The van der Waals surface area contributed by atoms with Crippen molar-refractivity contribution in [3.8, 4) is 0 Å². The molecule has 26 heavy (non-hydrogen) atoms. The molecule has 0 bridgehead atoms. The zero-order valence-corrected chi connectivity index (χ0v) is 15.5. The number of rotatable bonds is 7. The van der Waals surface area contributed by atoms with Gasteiger partial charge in [-0.15, -0.1) is 0 Å². The number of para-hydroxylation sites is 1. The average Bonchev–Trinajstić information content (AvgIpc) is 2.59. The standard InChI is InChI=1S/C21H25FN2O2/c1-15-5-4-6-16(2)21(15)24(17(3)25)14-12-20(26)23-13-11-18-7-9-19(22)10-8-18/h4-10H,11-14H2,1-3H3,(H,23,26). The zero-order valence-electron chi connectivity index (χ0n) is 15.5. The summed E-state index contributed by atoms with van der Waals surface area (Å²) in [5.41, 5.74) is 3.86. The summed E-state index contributed by atoms with van der Waals surface area (Å²) in [6.45, 7) is 6.25. The van der Waals surface area contributed by atoms with Gasteiger partial charge in [0.15, 0.2) is 0 Å². The summed E-state index contributed by atoms with van der Waals surface area (Å²) in [7, 11) is 0. The van der Waals surface area contributed by atoms with Crippen molar-refractivity contribution in [2.45, 2.75) is 33.6 Å². The number of benzene rings is 2. The Morgan fingerprint density at radius 2 is 1.65 bits per heavy atom. The first kappa shape index (κ1) is 19.6. The molecule has 0 aliphatic heterocycles. The lowest BCUT2D eigenvalue weighted by Crippen LogP contribution is -2.35. The fraction of sp³-hybridized carbons (Fsp3) is 0.333. The third kappa shape index (κ3) is 5.41. The molecule has 0 saturated carbocycles. The second kappa shape index (κ2) is 9.13. The third-order valence-corrected chi connectivity index (χ3v) is 4.30. The minimum absolute atomic E-state index is 0.0819. The summed E-state index contributed by atoms with van der Waals surface area (Å²) in [4.78, 5) is 25.8. The molecular formula is C21H25FN2O2. The van der Waals surface area contributed by atoms with E-state index in [2.05, 4.69) is 5.32 Å². The zero-order chi connectivity index (χ0) is 19.1. The smallest absolute Gasteiger partial charge is 0.223 e. The average molecular weight is 356 g/mol. The number of aryl methyl sites for hydroxylation is 2. The molecule has 0 saturated heterocycles. The van der Waals surface area contributed by atoms with E-state index < -0.39 is 0 Å². The highest BCUT2D eigenvalue weighted by atomic mass is 19.1. The Bertz CT molecular complexity index is 752. The van der Waals surface area contributed by atoms with E-state index in [-0.39, 0.29) is 24.1 Å². The molecule has 2 rings (SSSR count). The van der Waals surface area contributed by atoms with Gasteiger partial charge >= 0.3 is 0 Å². The highest BCUT2D eigenvalue weighted by Gasteiger charge is 2.17. The van der Waals surface area contributed by atoms with E-state index in [0.29, 0.717) is 19.5 Å². The summed E-state index contributed by atoms with van der Waals surface area (Å²) in [5.74, 6) is -0.459. The summed E-state index contributed by atoms with van der Waals surface area (Å²) in [6, 6.07) is 12.1. The maximum atomic E-state index is 12.9. The summed E-state index contributed by atoms with van der Waals surface area (Å²) in [6.07, 6.45) is 0.871. The van der Waals surface area contributed by atoms with E-state index in [1.165, 1.54) is 19.1 Å². The fourth-order valence-corrected chi connectivity index (χ4v) is 2.96. The summed E-state index contributed by atoms with van der Waals surface area (Å²) < 4.78 is 12.9. The number of anilines is 1. The van der Waals surface area contributed by atoms with E-state index >= 15 is 0 Å². The monoisotopic (exact) mass is 356 g/mol. The highest BCUT2D eigenvalue weighted by Crippen LogP contribution is 2.24. The van der Waals surface area contributed by atoms with Gasteiger partial charge in [-0.3, -0.25) is 9.59 Å². The Kier molecular flexibility index (Phi) is 6.89. The van der Waals surface area contributed by atoms with Crippen LogP contribution in [0.3, 0.4) is 0 Å². The number of halogens is 1. The van der Waals surface area contributed by atoms with Crippen LogP contribution in [0.4, 0.5) is 10.1 Å². The van der Waals surface area contributed by atoms with Crippen LogP contribution in [0.1, 0.15) is 30.0 Å². The van der Waals surface area contributed by atoms with Gasteiger partial charge in [-0.1, -0.05) is 30.3 Å². The van der Waals surface area contributed by atoms with Crippen LogP contribution in [-0.4, -0.2) is 24.9 Å². The van der Waals surface area contributed by atoms with Gasteiger partial charge < -0.3 is 10.2 Å². The molecule has 0 aromatic heterocycles. The maximum absolute atomic E-state index is 12.9. The van der Waals surface area contributed by atoms with Crippen molar-refractivity contribution in [3.05, 3.63) is 65.0 Å². The van der Waals surface area contributed by atoms with E-state index in [1.807, 2.05) is 32.0 Å². The van der Waals surface area contributed by atoms with Crippen LogP contribution in [0, 0.1) is 19.7 Å². The van der Waals surface area contributed by atoms with Gasteiger partial charge in [0.25, 0.3) is 0 Å². The Morgan fingerprint density at radius 1 is 1.04 bits per heavy atom. The van der Waals surface area contributed by atoms with Crippen LogP contribution >= 0.6 is 0 Å². The van der Waals surface area contributed by atoms with Gasteiger partial charge in [0.2, 0.25) is 11.8 Å². The Hall–Kier alpha value is -2.69. The van der Waals surface area contributed by atoms with Crippen molar-refractivity contribution >= 4 is 17.5 Å². The van der Waals surface area contributed by atoms with Crippen molar-refractivity contribution in [2.75, 3.05) is 18.0 Å². The SMILES string of the molecule is CC(=O)N(CCC(=O)NCCc1ccc(F)cc1)c1c(C)cccc1C. The Morgan fingerprint density at radius 3 is 2.23 bits per heavy atom. The topological polar surface area (TPSA) is 49.4 Å². The van der Waals surface area contributed by atoms with Crippen LogP contribution < -0.4 is 10.2 Å². The first-order chi connectivity index (χ1) is 12.4. The lowest BCUT2D eigenvalue weighted by atomic mass is 10.1. The molecular weight excluding hydrogens is 331 g/mol. The molecule has 0 aliphatic rings. The number of nitrogens with one attached hydrogen (secondary N) is 1. The molecule has 2 amide bonds. The number of nitrogens with zero attached hydrogens (tertiary/aromatic N) is 1. The van der Waals surface area contributed by atoms with E-state index in [4.69, 9.17) is 0 Å². The van der Waals surface area contributed by atoms with Crippen molar-refractivity contribution in [1.29, 1.82) is 0 Å². The molecule has 2 aromatic rings. The molecule has 0 unspecified atom stereocenters. The first-order valence-corrected chi connectivity index (χ1v) is 8.74. The van der Waals surface area contributed by atoms with Crippen molar-refractivity contribution in [1.82, 2.24) is 5.32 Å². The van der Waals surface area contributed by atoms with Crippen LogP contribution in [0.25, 0.3) is 0 Å². The molecule has 1 N–H and O–H groups in total. The lowest BCUT2D eigenvalue weighted by molar-refractivity contribution is -0.121. The minimum atomic E-state index is -0.270. The molecule has 0 spiro atoms. The largest absolute Gasteiger partial charge is 0.356 e. The van der Waals surface area contributed by atoms with Crippen molar-refractivity contribution < 1.29 is 14.0 Å². The van der Waals surface area contributed by atoms with Gasteiger partial charge in [-0.25, -0.2) is 4.39 Å². The highest BCUT2D eigenvalue weighted by molar-refractivity contribution is 5.94. The fourth-order valence-electron chi connectivity index (χ4n) is 2.96. The van der Waals surface area contributed by atoms with Gasteiger partial charge in [0, 0.05) is 32.1 Å². The second-order valence-electron chi connectivity index (χ2n) is 6.39.